The lowest BCUT2D eigenvalue weighted by Crippen LogP contribution is -2.09. The summed E-state index contributed by atoms with van der Waals surface area (Å²) < 4.78 is 0. The molecule has 0 fully saturated rings. The van der Waals surface area contributed by atoms with E-state index in [1.807, 2.05) is 0 Å². The van der Waals surface area contributed by atoms with Crippen molar-refractivity contribution in [2.75, 3.05) is 4.90 Å². The molecule has 0 saturated heterocycles. The first-order valence-electron chi connectivity index (χ1n) is 13.3. The van der Waals surface area contributed by atoms with Gasteiger partial charge in [0.25, 0.3) is 0 Å². The number of benzene rings is 6. The van der Waals surface area contributed by atoms with Crippen LogP contribution >= 0.6 is 0 Å². The van der Waals surface area contributed by atoms with Gasteiger partial charge in [-0.1, -0.05) is 133 Å². The van der Waals surface area contributed by atoms with E-state index in [-0.39, 0.29) is 0 Å². The van der Waals surface area contributed by atoms with Crippen LogP contribution in [0.2, 0.25) is 0 Å². The van der Waals surface area contributed by atoms with Crippen molar-refractivity contribution in [2.24, 2.45) is 0 Å². The highest BCUT2D eigenvalue weighted by Gasteiger charge is 2.12. The molecule has 0 atom stereocenters. The molecule has 6 aromatic carbocycles. The average molecular weight is 500 g/mol. The van der Waals surface area contributed by atoms with Gasteiger partial charge in [0.2, 0.25) is 0 Å². The van der Waals surface area contributed by atoms with E-state index in [2.05, 4.69) is 181 Å². The molecule has 1 nitrogen and oxygen atoms in total. The van der Waals surface area contributed by atoms with Crippen molar-refractivity contribution >= 4 is 28.7 Å². The van der Waals surface area contributed by atoms with Crippen molar-refractivity contribution in [1.29, 1.82) is 0 Å². The van der Waals surface area contributed by atoms with Gasteiger partial charge in [-0.05, 0) is 75.9 Å². The number of hydrogen-bond acceptors (Lipinski definition) is 1. The molecule has 0 aliphatic carbocycles. The minimum Gasteiger partial charge on any atom is -0.311 e. The lowest BCUT2D eigenvalue weighted by atomic mass is 9.94. The van der Waals surface area contributed by atoms with Gasteiger partial charge in [-0.2, -0.15) is 0 Å². The Morgan fingerprint density at radius 2 is 0.744 bits per heavy atom. The van der Waals surface area contributed by atoms with Crippen molar-refractivity contribution in [2.45, 2.75) is 0 Å². The molecular formula is C38H29N. The van der Waals surface area contributed by atoms with Crippen LogP contribution in [0, 0.1) is 0 Å². The number of para-hydroxylation sites is 2. The van der Waals surface area contributed by atoms with E-state index in [1.54, 1.807) is 0 Å². The largest absolute Gasteiger partial charge is 0.311 e. The molecule has 0 radical (unpaired) electrons. The summed E-state index contributed by atoms with van der Waals surface area (Å²) in [7, 11) is 0. The zero-order chi connectivity index (χ0) is 26.3. The third kappa shape index (κ3) is 5.58. The van der Waals surface area contributed by atoms with Crippen LogP contribution in [0.1, 0.15) is 16.7 Å². The van der Waals surface area contributed by atoms with E-state index in [1.165, 1.54) is 33.4 Å². The van der Waals surface area contributed by atoms with Crippen LogP contribution in [0.15, 0.2) is 170 Å². The lowest BCUT2D eigenvalue weighted by Gasteiger charge is -2.25. The molecule has 0 heterocycles. The van der Waals surface area contributed by atoms with Crippen LogP contribution in [-0.4, -0.2) is 0 Å². The van der Waals surface area contributed by atoms with E-state index in [0.717, 1.165) is 17.1 Å². The van der Waals surface area contributed by atoms with Crippen molar-refractivity contribution in [1.82, 2.24) is 0 Å². The van der Waals surface area contributed by atoms with Gasteiger partial charge in [0.05, 0.1) is 0 Å². The second-order valence-corrected chi connectivity index (χ2v) is 9.47. The molecule has 0 aromatic heterocycles. The second-order valence-electron chi connectivity index (χ2n) is 9.47. The smallest absolute Gasteiger partial charge is 0.0462 e. The number of nitrogens with zero attached hydrogens (tertiary/aromatic N) is 1. The SMILES string of the molecule is C(=C(c1ccccc1)c1ccc(-c2ccc(N(c3ccccc3)c3ccccc3)cc2)cc1)c1ccccc1. The van der Waals surface area contributed by atoms with Gasteiger partial charge in [-0.15, -0.1) is 0 Å². The first-order valence-corrected chi connectivity index (χ1v) is 13.3. The third-order valence-corrected chi connectivity index (χ3v) is 6.88. The van der Waals surface area contributed by atoms with E-state index < -0.39 is 0 Å². The van der Waals surface area contributed by atoms with Gasteiger partial charge in [0.15, 0.2) is 0 Å². The Balaban J connectivity index is 1.31. The Morgan fingerprint density at radius 3 is 1.26 bits per heavy atom. The predicted octanol–water partition coefficient (Wildman–Crippen LogP) is 10.4. The Morgan fingerprint density at radius 1 is 0.359 bits per heavy atom. The van der Waals surface area contributed by atoms with Crippen molar-refractivity contribution in [3.05, 3.63) is 187 Å². The zero-order valence-electron chi connectivity index (χ0n) is 21.7. The molecule has 0 aliphatic heterocycles. The maximum atomic E-state index is 2.29. The monoisotopic (exact) mass is 499 g/mol. The van der Waals surface area contributed by atoms with Crippen molar-refractivity contribution in [3.63, 3.8) is 0 Å². The zero-order valence-corrected chi connectivity index (χ0v) is 21.7. The molecule has 6 aromatic rings. The second kappa shape index (κ2) is 11.5. The molecule has 0 N–H and O–H groups in total. The summed E-state index contributed by atoms with van der Waals surface area (Å²) in [5.74, 6) is 0. The van der Waals surface area contributed by atoms with Crippen LogP contribution in [0.3, 0.4) is 0 Å². The van der Waals surface area contributed by atoms with E-state index in [4.69, 9.17) is 0 Å². The number of anilines is 3. The molecule has 0 spiro atoms. The van der Waals surface area contributed by atoms with Gasteiger partial charge in [-0.25, -0.2) is 0 Å². The number of hydrogen-bond donors (Lipinski definition) is 0. The molecule has 39 heavy (non-hydrogen) atoms. The lowest BCUT2D eigenvalue weighted by molar-refractivity contribution is 1.28. The highest BCUT2D eigenvalue weighted by molar-refractivity contribution is 5.92. The van der Waals surface area contributed by atoms with Gasteiger partial charge < -0.3 is 4.90 Å². The molecule has 0 aliphatic rings. The summed E-state index contributed by atoms with van der Waals surface area (Å²) in [5, 5.41) is 0. The fourth-order valence-corrected chi connectivity index (χ4v) is 4.91. The van der Waals surface area contributed by atoms with Gasteiger partial charge in [0.1, 0.15) is 0 Å². The number of rotatable bonds is 7. The van der Waals surface area contributed by atoms with E-state index >= 15 is 0 Å². The van der Waals surface area contributed by atoms with Crippen molar-refractivity contribution in [3.8, 4) is 11.1 Å². The van der Waals surface area contributed by atoms with Gasteiger partial charge >= 0.3 is 0 Å². The minimum absolute atomic E-state index is 1.13. The molecule has 0 bridgehead atoms. The summed E-state index contributed by atoms with van der Waals surface area (Å²) in [5.41, 5.74) is 10.6. The van der Waals surface area contributed by atoms with Crippen LogP contribution in [0.25, 0.3) is 22.8 Å². The Hall–Kier alpha value is -5.14. The Kier molecular flexibility index (Phi) is 7.14. The normalized spacial score (nSPS) is 11.2. The van der Waals surface area contributed by atoms with Gasteiger partial charge in [0, 0.05) is 17.1 Å². The van der Waals surface area contributed by atoms with Crippen LogP contribution in [-0.2, 0) is 0 Å². The molecule has 0 amide bonds. The quantitative estimate of drug-likeness (QED) is 0.197. The fraction of sp³-hybridized carbons (Fsp3) is 0. The first-order chi connectivity index (χ1) is 19.3. The molecule has 1 heteroatoms. The molecule has 0 unspecified atom stereocenters. The molecule has 186 valence electrons. The Labute approximate surface area is 231 Å². The highest BCUT2D eigenvalue weighted by Crippen LogP contribution is 2.35. The molecular weight excluding hydrogens is 470 g/mol. The van der Waals surface area contributed by atoms with Crippen LogP contribution in [0.4, 0.5) is 17.1 Å². The van der Waals surface area contributed by atoms with Crippen molar-refractivity contribution < 1.29 is 0 Å². The topological polar surface area (TPSA) is 3.24 Å². The van der Waals surface area contributed by atoms with E-state index in [0.29, 0.717) is 0 Å². The molecule has 0 saturated carbocycles. The Bertz CT molecular complexity index is 1600. The third-order valence-electron chi connectivity index (χ3n) is 6.88. The minimum atomic E-state index is 1.13. The highest BCUT2D eigenvalue weighted by atomic mass is 15.1. The van der Waals surface area contributed by atoms with Crippen LogP contribution < -0.4 is 4.90 Å². The maximum absolute atomic E-state index is 2.29. The summed E-state index contributed by atoms with van der Waals surface area (Å²) in [6, 6.07) is 59.8. The summed E-state index contributed by atoms with van der Waals surface area (Å²) >= 11 is 0. The van der Waals surface area contributed by atoms with Gasteiger partial charge in [-0.3, -0.25) is 0 Å². The van der Waals surface area contributed by atoms with E-state index in [9.17, 15) is 0 Å². The molecule has 6 rings (SSSR count). The van der Waals surface area contributed by atoms with Crippen LogP contribution in [0.5, 0.6) is 0 Å². The first kappa shape index (κ1) is 24.2. The maximum Gasteiger partial charge on any atom is 0.0462 e. The standard InChI is InChI=1S/C38H29N/c1-5-13-30(14-6-1)29-38(33-15-7-2-8-16-33)34-23-21-31(22-24-34)32-25-27-37(28-26-32)39(35-17-9-3-10-18-35)36-19-11-4-12-20-36/h1-29H. The predicted molar refractivity (Wildman–Crippen MR) is 166 cm³/mol. The average Bonchev–Trinajstić information content (AvgIpc) is 3.03. The summed E-state index contributed by atoms with van der Waals surface area (Å²) in [6.45, 7) is 0. The fourth-order valence-electron chi connectivity index (χ4n) is 4.91. The summed E-state index contributed by atoms with van der Waals surface area (Å²) in [6.07, 6.45) is 2.26. The summed E-state index contributed by atoms with van der Waals surface area (Å²) in [4.78, 5) is 2.29.